The molecule has 4 heteroatoms. The lowest BCUT2D eigenvalue weighted by Crippen LogP contribution is -2.30. The van der Waals surface area contributed by atoms with Gasteiger partial charge in [-0.3, -0.25) is 0 Å². The van der Waals surface area contributed by atoms with Gasteiger partial charge in [0.2, 0.25) is 0 Å². The second kappa shape index (κ2) is 4.77. The van der Waals surface area contributed by atoms with Crippen molar-refractivity contribution in [1.82, 2.24) is 0 Å². The summed E-state index contributed by atoms with van der Waals surface area (Å²) in [6.07, 6.45) is 2.20. The zero-order valence-electron chi connectivity index (χ0n) is 6.18. The van der Waals surface area contributed by atoms with Crippen molar-refractivity contribution in [1.29, 1.82) is 0 Å². The largest absolute Gasteiger partial charge is 0.244 e. The van der Waals surface area contributed by atoms with Gasteiger partial charge in [-0.15, -0.1) is 18.8 Å². The van der Waals surface area contributed by atoms with E-state index in [0.29, 0.717) is 0 Å². The fourth-order valence-corrected chi connectivity index (χ4v) is 0.543. The number of hydrogen-bond acceptors (Lipinski definition) is 0. The van der Waals surface area contributed by atoms with Crippen molar-refractivity contribution in [3.05, 3.63) is 0 Å². The van der Waals surface area contributed by atoms with Crippen LogP contribution < -0.4 is 0 Å². The summed E-state index contributed by atoms with van der Waals surface area (Å²) in [5, 5.41) is 0. The molecule has 0 spiro atoms. The fourth-order valence-electron chi connectivity index (χ4n) is 0.543. The van der Waals surface area contributed by atoms with Gasteiger partial charge in [-0.1, -0.05) is 5.92 Å². The summed E-state index contributed by atoms with van der Waals surface area (Å²) in [6.45, 7) is 0. The van der Waals surface area contributed by atoms with Crippen LogP contribution in [-0.4, -0.2) is 26.4 Å². The molecule has 0 heterocycles. The van der Waals surface area contributed by atoms with E-state index in [1.54, 1.807) is 5.92 Å². The highest BCUT2D eigenvalue weighted by atomic mass is 19.2. The highest BCUT2D eigenvalue weighted by Crippen LogP contribution is 2.20. The molecule has 0 aromatic rings. The van der Waals surface area contributed by atoms with Crippen molar-refractivity contribution in [3.8, 4) is 24.7 Å². The van der Waals surface area contributed by atoms with Crippen LogP contribution in [-0.2, 0) is 0 Å². The molecule has 2 radical (unpaired) electrons. The van der Waals surface area contributed by atoms with Crippen molar-refractivity contribution in [2.45, 2.75) is 24.3 Å². The molecule has 0 aliphatic carbocycles. The summed E-state index contributed by atoms with van der Waals surface area (Å²) >= 11 is 0. The molecule has 0 saturated carbocycles. The molecule has 0 amide bonds. The molecular weight excluding hydrogens is 164 g/mol. The van der Waals surface area contributed by atoms with Gasteiger partial charge in [-0.05, 0) is 0 Å². The smallest absolute Gasteiger partial charge is 0.194 e. The molecule has 0 bridgehead atoms. The third-order valence-electron chi connectivity index (χ3n) is 1.28. The standard InChI is InChI=1S/C8H6BF3/c1-3-5(9)7(11)8(12)6(10)4-2/h1-2,5-8H. The lowest BCUT2D eigenvalue weighted by Gasteiger charge is -2.16. The summed E-state index contributed by atoms with van der Waals surface area (Å²) in [5.74, 6) is 1.70. The molecule has 62 valence electrons. The Morgan fingerprint density at radius 1 is 1.00 bits per heavy atom. The molecule has 0 aromatic heterocycles. The van der Waals surface area contributed by atoms with E-state index in [-0.39, 0.29) is 0 Å². The van der Waals surface area contributed by atoms with E-state index in [1.807, 2.05) is 0 Å². The van der Waals surface area contributed by atoms with Gasteiger partial charge >= 0.3 is 0 Å². The Labute approximate surface area is 70.9 Å². The van der Waals surface area contributed by atoms with Crippen molar-refractivity contribution in [2.24, 2.45) is 0 Å². The van der Waals surface area contributed by atoms with E-state index in [0.717, 1.165) is 0 Å². The first kappa shape index (κ1) is 11.0. The normalized spacial score (nSPS) is 19.8. The second-order valence-corrected chi connectivity index (χ2v) is 2.15. The Balaban J connectivity index is 4.22. The highest BCUT2D eigenvalue weighted by molar-refractivity contribution is 6.14. The van der Waals surface area contributed by atoms with E-state index in [2.05, 4.69) is 6.42 Å². The Morgan fingerprint density at radius 3 is 1.83 bits per heavy atom. The third kappa shape index (κ3) is 2.55. The Kier molecular flexibility index (Phi) is 4.36. The summed E-state index contributed by atoms with van der Waals surface area (Å²) in [5.41, 5.74) is 0. The summed E-state index contributed by atoms with van der Waals surface area (Å²) in [4.78, 5) is 0. The highest BCUT2D eigenvalue weighted by Gasteiger charge is 2.31. The predicted molar refractivity (Wildman–Crippen MR) is 41.9 cm³/mol. The Morgan fingerprint density at radius 2 is 1.50 bits per heavy atom. The zero-order valence-corrected chi connectivity index (χ0v) is 6.18. The lowest BCUT2D eigenvalue weighted by molar-refractivity contribution is 0.113. The van der Waals surface area contributed by atoms with Crippen LogP contribution in [0.1, 0.15) is 0 Å². The van der Waals surface area contributed by atoms with Crippen LogP contribution in [0.25, 0.3) is 0 Å². The van der Waals surface area contributed by atoms with Crippen LogP contribution in [0.4, 0.5) is 13.2 Å². The van der Waals surface area contributed by atoms with Crippen LogP contribution in [0.5, 0.6) is 0 Å². The zero-order chi connectivity index (χ0) is 9.72. The Bertz CT molecular complexity index is 191. The van der Waals surface area contributed by atoms with Gasteiger partial charge in [0.15, 0.2) is 12.3 Å². The molecule has 12 heavy (non-hydrogen) atoms. The molecule has 0 fully saturated rings. The van der Waals surface area contributed by atoms with E-state index >= 15 is 0 Å². The third-order valence-corrected chi connectivity index (χ3v) is 1.28. The van der Waals surface area contributed by atoms with Gasteiger partial charge in [-0.2, -0.15) is 0 Å². The monoisotopic (exact) mass is 170 g/mol. The first-order valence-corrected chi connectivity index (χ1v) is 3.14. The number of hydrogen-bond donors (Lipinski definition) is 0. The van der Waals surface area contributed by atoms with Gasteiger partial charge < -0.3 is 0 Å². The minimum Gasteiger partial charge on any atom is -0.244 e. The summed E-state index contributed by atoms with van der Waals surface area (Å²) in [6, 6.07) is 0. The number of rotatable bonds is 3. The molecular formula is C8H6BF3. The van der Waals surface area contributed by atoms with Gasteiger partial charge in [0.05, 0.1) is 7.85 Å². The molecule has 0 saturated heterocycles. The minimum absolute atomic E-state index is 1.42. The molecule has 4 unspecified atom stereocenters. The number of halogens is 3. The predicted octanol–water partition coefficient (Wildman–Crippen LogP) is 1.22. The topological polar surface area (TPSA) is 0 Å². The first-order chi connectivity index (χ1) is 5.54. The molecule has 0 N–H and O–H groups in total. The maximum absolute atomic E-state index is 12.6. The molecule has 0 aliphatic heterocycles. The Hall–Kier alpha value is -1.03. The summed E-state index contributed by atoms with van der Waals surface area (Å²) in [7, 11) is 4.92. The number of alkyl halides is 3. The molecule has 4 atom stereocenters. The molecule has 0 aliphatic rings. The molecule has 0 rings (SSSR count). The van der Waals surface area contributed by atoms with Crippen molar-refractivity contribution in [2.75, 3.05) is 0 Å². The van der Waals surface area contributed by atoms with Gasteiger partial charge in [0, 0.05) is 5.82 Å². The minimum atomic E-state index is -2.46. The van der Waals surface area contributed by atoms with Gasteiger partial charge in [-0.25, -0.2) is 13.2 Å². The maximum atomic E-state index is 12.6. The van der Waals surface area contributed by atoms with Crippen LogP contribution in [0.15, 0.2) is 0 Å². The SMILES string of the molecule is [B]C(C#C)C(F)C(F)C(F)C#C. The van der Waals surface area contributed by atoms with Gasteiger partial charge in [0.1, 0.15) is 6.17 Å². The van der Waals surface area contributed by atoms with Crippen LogP contribution in [0, 0.1) is 24.7 Å². The second-order valence-electron chi connectivity index (χ2n) is 2.15. The quantitative estimate of drug-likeness (QED) is 0.441. The van der Waals surface area contributed by atoms with Crippen molar-refractivity contribution in [3.63, 3.8) is 0 Å². The average molecular weight is 170 g/mol. The van der Waals surface area contributed by atoms with Crippen molar-refractivity contribution >= 4 is 7.85 Å². The fraction of sp³-hybridized carbons (Fsp3) is 0.500. The summed E-state index contributed by atoms with van der Waals surface area (Å²) < 4.78 is 37.5. The number of terminal acetylenes is 2. The lowest BCUT2D eigenvalue weighted by atomic mass is 9.81. The van der Waals surface area contributed by atoms with Crippen molar-refractivity contribution < 1.29 is 13.2 Å². The van der Waals surface area contributed by atoms with E-state index < -0.39 is 24.3 Å². The molecule has 0 aromatic carbocycles. The van der Waals surface area contributed by atoms with Gasteiger partial charge in [0.25, 0.3) is 0 Å². The molecule has 0 nitrogen and oxygen atoms in total. The van der Waals surface area contributed by atoms with Crippen LogP contribution >= 0.6 is 0 Å². The van der Waals surface area contributed by atoms with E-state index in [1.165, 1.54) is 5.92 Å². The maximum Gasteiger partial charge on any atom is 0.194 e. The van der Waals surface area contributed by atoms with Crippen LogP contribution in [0.3, 0.4) is 0 Å². The first-order valence-electron chi connectivity index (χ1n) is 3.14. The van der Waals surface area contributed by atoms with Crippen LogP contribution in [0.2, 0.25) is 5.82 Å². The van der Waals surface area contributed by atoms with E-state index in [9.17, 15) is 13.2 Å². The van der Waals surface area contributed by atoms with E-state index in [4.69, 9.17) is 14.3 Å². The average Bonchev–Trinajstić information content (AvgIpc) is 2.12.